The Hall–Kier alpha value is -3.64. The predicted molar refractivity (Wildman–Crippen MR) is 156 cm³/mol. The lowest BCUT2D eigenvalue weighted by Crippen LogP contribution is -2.52. The number of nitrogens with one attached hydrogen (secondary N) is 1. The lowest BCUT2D eigenvalue weighted by Gasteiger charge is -2.32. The topological polar surface area (TPSA) is 105 Å². The van der Waals surface area contributed by atoms with Crippen LogP contribution >= 0.6 is 15.9 Å². The van der Waals surface area contributed by atoms with Crippen molar-refractivity contribution in [1.29, 1.82) is 0 Å². The van der Waals surface area contributed by atoms with E-state index in [1.807, 2.05) is 18.2 Å². The summed E-state index contributed by atoms with van der Waals surface area (Å²) < 4.78 is 54.6. The first kappa shape index (κ1) is 30.3. The molecule has 1 atom stereocenters. The van der Waals surface area contributed by atoms with Crippen molar-refractivity contribution in [3.8, 4) is 11.5 Å². The number of hydrogen-bond acceptors (Lipinski definition) is 6. The van der Waals surface area contributed by atoms with Crippen LogP contribution in [0.1, 0.15) is 26.3 Å². The number of hydrogen-bond donors (Lipinski definition) is 1. The van der Waals surface area contributed by atoms with Crippen molar-refractivity contribution in [3.63, 3.8) is 0 Å². The Balaban J connectivity index is 1.72. The lowest BCUT2D eigenvalue weighted by atomic mass is 10.1. The molecule has 1 aliphatic rings. The zero-order valence-corrected chi connectivity index (χ0v) is 25.2. The van der Waals surface area contributed by atoms with Gasteiger partial charge in [0, 0.05) is 23.1 Å². The Labute approximate surface area is 247 Å². The van der Waals surface area contributed by atoms with Gasteiger partial charge in [0.2, 0.25) is 11.8 Å². The third kappa shape index (κ3) is 7.36. The molecule has 0 aromatic heterocycles. The van der Waals surface area contributed by atoms with Gasteiger partial charge in [-0.25, -0.2) is 12.8 Å². The Bertz CT molecular complexity index is 1520. The minimum Gasteiger partial charge on any atom is -0.486 e. The van der Waals surface area contributed by atoms with Crippen LogP contribution in [0.3, 0.4) is 0 Å². The molecule has 1 heterocycles. The van der Waals surface area contributed by atoms with Crippen molar-refractivity contribution in [2.24, 2.45) is 0 Å². The van der Waals surface area contributed by atoms with Crippen molar-refractivity contribution in [2.45, 2.75) is 44.3 Å². The molecule has 3 aromatic carbocycles. The predicted octanol–water partition coefficient (Wildman–Crippen LogP) is 4.50. The average Bonchev–Trinajstić information content (AvgIpc) is 2.94. The zero-order valence-electron chi connectivity index (χ0n) is 22.8. The summed E-state index contributed by atoms with van der Waals surface area (Å²) in [6.07, 6.45) is 0. The van der Waals surface area contributed by atoms with Crippen molar-refractivity contribution in [2.75, 3.05) is 24.1 Å². The lowest BCUT2D eigenvalue weighted by molar-refractivity contribution is -0.139. The van der Waals surface area contributed by atoms with E-state index < -0.39 is 34.3 Å². The normalized spacial score (nSPS) is 13.4. The number of nitrogens with zero attached hydrogens (tertiary/aromatic N) is 2. The fourth-order valence-corrected chi connectivity index (χ4v) is 6.14. The molecule has 41 heavy (non-hydrogen) atoms. The minimum atomic E-state index is -4.35. The standard InChI is InChI=1S/C29H31BrFN3O6S/c1-19(2)32-29(36)20(3)33(17-21-5-4-6-22(30)15-21)28(35)18-34(24-9-7-23(31)8-10-24)41(37,38)25-11-12-26-27(16-25)40-14-13-39-26/h4-12,15-16,19-20H,13-14,17-18H2,1-3H3,(H,32,36)/t20-/m1/s1. The molecule has 0 aliphatic carbocycles. The number of anilines is 1. The number of benzene rings is 3. The molecule has 12 heteroatoms. The maximum atomic E-state index is 14.0. The number of halogens is 2. The Morgan fingerprint density at radius 3 is 2.32 bits per heavy atom. The first-order valence-electron chi connectivity index (χ1n) is 13.0. The maximum Gasteiger partial charge on any atom is 0.264 e. The van der Waals surface area contributed by atoms with Crippen molar-refractivity contribution >= 4 is 43.5 Å². The van der Waals surface area contributed by atoms with Gasteiger partial charge in [0.05, 0.1) is 10.6 Å². The second-order valence-electron chi connectivity index (χ2n) is 9.78. The number of amides is 2. The molecule has 218 valence electrons. The Kier molecular flexibility index (Phi) is 9.54. The van der Waals surface area contributed by atoms with Gasteiger partial charge in [0.1, 0.15) is 31.6 Å². The summed E-state index contributed by atoms with van der Waals surface area (Å²) >= 11 is 3.42. The van der Waals surface area contributed by atoms with Gasteiger partial charge < -0.3 is 19.7 Å². The van der Waals surface area contributed by atoms with Gasteiger partial charge in [-0.1, -0.05) is 28.1 Å². The molecule has 1 N–H and O–H groups in total. The highest BCUT2D eigenvalue weighted by Gasteiger charge is 2.33. The fourth-order valence-electron chi connectivity index (χ4n) is 4.27. The third-order valence-corrected chi connectivity index (χ3v) is 8.60. The molecule has 1 aliphatic heterocycles. The summed E-state index contributed by atoms with van der Waals surface area (Å²) in [6, 6.07) is 15.2. The van der Waals surface area contributed by atoms with E-state index >= 15 is 0 Å². The van der Waals surface area contributed by atoms with Crippen LogP contribution in [0.2, 0.25) is 0 Å². The molecule has 0 fully saturated rings. The van der Waals surface area contributed by atoms with Crippen LogP contribution < -0.4 is 19.1 Å². The third-order valence-electron chi connectivity index (χ3n) is 6.34. The van der Waals surface area contributed by atoms with E-state index in [1.165, 1.54) is 35.2 Å². The van der Waals surface area contributed by atoms with Gasteiger partial charge in [-0.3, -0.25) is 13.9 Å². The molecular weight excluding hydrogens is 617 g/mol. The number of ether oxygens (including phenoxy) is 2. The van der Waals surface area contributed by atoms with Crippen molar-refractivity contribution in [3.05, 3.63) is 82.6 Å². The molecule has 9 nitrogen and oxygen atoms in total. The minimum absolute atomic E-state index is 0.0479. The number of fused-ring (bicyclic) bond motifs is 1. The van der Waals surface area contributed by atoms with Crippen LogP contribution in [-0.4, -0.2) is 57.0 Å². The maximum absolute atomic E-state index is 14.0. The summed E-state index contributed by atoms with van der Waals surface area (Å²) in [5, 5.41) is 2.81. The van der Waals surface area contributed by atoms with E-state index in [-0.39, 0.29) is 41.4 Å². The van der Waals surface area contributed by atoms with Gasteiger partial charge in [0.25, 0.3) is 10.0 Å². The molecule has 0 unspecified atom stereocenters. The zero-order chi connectivity index (χ0) is 29.7. The fraction of sp³-hybridized carbons (Fsp3) is 0.310. The molecular formula is C29H31BrFN3O6S. The molecule has 4 rings (SSSR count). The highest BCUT2D eigenvalue weighted by molar-refractivity contribution is 9.10. The van der Waals surface area contributed by atoms with Gasteiger partial charge in [0.15, 0.2) is 11.5 Å². The molecule has 0 bridgehead atoms. The largest absolute Gasteiger partial charge is 0.486 e. The first-order chi connectivity index (χ1) is 19.5. The number of rotatable bonds is 10. The highest BCUT2D eigenvalue weighted by Crippen LogP contribution is 2.34. The Morgan fingerprint density at radius 1 is 0.976 bits per heavy atom. The van der Waals surface area contributed by atoms with E-state index in [1.54, 1.807) is 26.8 Å². The summed E-state index contributed by atoms with van der Waals surface area (Å²) in [4.78, 5) is 28.1. The van der Waals surface area contributed by atoms with E-state index in [0.717, 1.165) is 26.5 Å². The summed E-state index contributed by atoms with van der Waals surface area (Å²) in [5.41, 5.74) is 0.816. The number of carbonyl (C=O) groups excluding carboxylic acids is 2. The van der Waals surface area contributed by atoms with Gasteiger partial charge in [-0.05, 0) is 74.9 Å². The molecule has 0 saturated carbocycles. The molecule has 2 amide bonds. The van der Waals surface area contributed by atoms with Crippen LogP contribution in [0, 0.1) is 5.82 Å². The molecule has 0 saturated heterocycles. The van der Waals surface area contributed by atoms with Crippen LogP contribution in [0.4, 0.5) is 10.1 Å². The highest BCUT2D eigenvalue weighted by atomic mass is 79.9. The van der Waals surface area contributed by atoms with Gasteiger partial charge >= 0.3 is 0 Å². The van der Waals surface area contributed by atoms with E-state index in [0.29, 0.717) is 12.4 Å². The van der Waals surface area contributed by atoms with Crippen LogP contribution in [0.5, 0.6) is 11.5 Å². The second kappa shape index (κ2) is 12.9. The average molecular weight is 649 g/mol. The molecule has 0 radical (unpaired) electrons. The van der Waals surface area contributed by atoms with Crippen LogP contribution in [0.15, 0.2) is 76.1 Å². The second-order valence-corrected chi connectivity index (χ2v) is 12.6. The van der Waals surface area contributed by atoms with Gasteiger partial charge in [-0.2, -0.15) is 0 Å². The first-order valence-corrected chi connectivity index (χ1v) is 15.2. The van der Waals surface area contributed by atoms with Crippen LogP contribution in [-0.2, 0) is 26.2 Å². The number of carbonyl (C=O) groups is 2. The monoisotopic (exact) mass is 647 g/mol. The summed E-state index contributed by atoms with van der Waals surface area (Å²) in [7, 11) is -4.35. The molecule has 0 spiro atoms. The summed E-state index contributed by atoms with van der Waals surface area (Å²) in [5.74, 6) is -0.900. The van der Waals surface area contributed by atoms with E-state index in [4.69, 9.17) is 9.47 Å². The van der Waals surface area contributed by atoms with Crippen LogP contribution in [0.25, 0.3) is 0 Å². The summed E-state index contributed by atoms with van der Waals surface area (Å²) in [6.45, 7) is 5.21. The number of sulfonamides is 1. The van der Waals surface area contributed by atoms with Crippen molar-refractivity contribution in [1.82, 2.24) is 10.2 Å². The van der Waals surface area contributed by atoms with Crippen molar-refractivity contribution < 1.29 is 31.9 Å². The van der Waals surface area contributed by atoms with Gasteiger partial charge in [-0.15, -0.1) is 0 Å². The van der Waals surface area contributed by atoms with E-state index in [2.05, 4.69) is 21.2 Å². The smallest absolute Gasteiger partial charge is 0.264 e. The Morgan fingerprint density at radius 2 is 1.66 bits per heavy atom. The van der Waals surface area contributed by atoms with E-state index in [9.17, 15) is 22.4 Å². The quantitative estimate of drug-likeness (QED) is 0.348. The SMILES string of the molecule is CC(C)NC(=O)[C@@H](C)N(Cc1cccc(Br)c1)C(=O)CN(c1ccc(F)cc1)S(=O)(=O)c1ccc2c(c1)OCCO2. The molecule has 3 aromatic rings.